The summed E-state index contributed by atoms with van der Waals surface area (Å²) in [5.41, 5.74) is 10.1. The van der Waals surface area contributed by atoms with Gasteiger partial charge in [-0.05, 0) is 39.6 Å². The zero-order valence-electron chi connectivity index (χ0n) is 12.3. The van der Waals surface area contributed by atoms with Gasteiger partial charge in [0.25, 0.3) is 0 Å². The Morgan fingerprint density at radius 2 is 1.90 bits per heavy atom. The average Bonchev–Trinajstić information content (AvgIpc) is 2.62. The van der Waals surface area contributed by atoms with Gasteiger partial charge in [-0.25, -0.2) is 4.52 Å². The van der Waals surface area contributed by atoms with Crippen molar-refractivity contribution in [1.82, 2.24) is 14.5 Å². The SMILES string of the molecule is Cc1ccc2c(N)c(NCCN(C)C)nn2c1C.Cl.Cl. The monoisotopic (exact) mass is 319 g/mol. The molecule has 0 aliphatic rings. The van der Waals surface area contributed by atoms with Crippen LogP contribution in [0.4, 0.5) is 11.5 Å². The van der Waals surface area contributed by atoms with Gasteiger partial charge in [0.2, 0.25) is 0 Å². The van der Waals surface area contributed by atoms with Gasteiger partial charge in [0, 0.05) is 18.8 Å². The van der Waals surface area contributed by atoms with Crippen LogP contribution in [0.3, 0.4) is 0 Å². The van der Waals surface area contributed by atoms with E-state index in [-0.39, 0.29) is 24.8 Å². The smallest absolute Gasteiger partial charge is 0.172 e. The van der Waals surface area contributed by atoms with Crippen molar-refractivity contribution in [2.24, 2.45) is 0 Å². The molecule has 2 heterocycles. The Morgan fingerprint density at radius 3 is 2.50 bits per heavy atom. The highest BCUT2D eigenvalue weighted by Crippen LogP contribution is 2.24. The van der Waals surface area contributed by atoms with Crippen molar-refractivity contribution < 1.29 is 0 Å². The molecule has 114 valence electrons. The van der Waals surface area contributed by atoms with Gasteiger partial charge in [-0.1, -0.05) is 6.07 Å². The average molecular weight is 320 g/mol. The Balaban J connectivity index is 0.00000180. The van der Waals surface area contributed by atoms with E-state index in [0.29, 0.717) is 0 Å². The molecular formula is C13H23Cl2N5. The molecule has 0 aliphatic carbocycles. The van der Waals surface area contributed by atoms with Crippen molar-refractivity contribution >= 4 is 41.8 Å². The van der Waals surface area contributed by atoms with Crippen molar-refractivity contribution in [3.8, 4) is 0 Å². The maximum atomic E-state index is 6.12. The minimum atomic E-state index is 0. The Kier molecular flexibility index (Phi) is 7.13. The van der Waals surface area contributed by atoms with E-state index in [9.17, 15) is 0 Å². The first-order valence-electron chi connectivity index (χ1n) is 6.13. The number of nitrogens with zero attached hydrogens (tertiary/aromatic N) is 3. The lowest BCUT2D eigenvalue weighted by molar-refractivity contribution is 0.425. The van der Waals surface area contributed by atoms with E-state index in [4.69, 9.17) is 5.73 Å². The summed E-state index contributed by atoms with van der Waals surface area (Å²) in [5, 5.41) is 7.81. The summed E-state index contributed by atoms with van der Waals surface area (Å²) in [5.74, 6) is 0.769. The maximum Gasteiger partial charge on any atom is 0.172 e. The van der Waals surface area contributed by atoms with E-state index in [0.717, 1.165) is 35.8 Å². The summed E-state index contributed by atoms with van der Waals surface area (Å²) in [4.78, 5) is 2.12. The van der Waals surface area contributed by atoms with Crippen LogP contribution in [-0.2, 0) is 0 Å². The van der Waals surface area contributed by atoms with Crippen LogP contribution < -0.4 is 11.1 Å². The van der Waals surface area contributed by atoms with Crippen LogP contribution in [0.5, 0.6) is 0 Å². The zero-order valence-corrected chi connectivity index (χ0v) is 13.9. The summed E-state index contributed by atoms with van der Waals surface area (Å²) < 4.78 is 1.91. The first kappa shape index (κ1) is 18.8. The second kappa shape index (κ2) is 7.57. The molecule has 0 aliphatic heterocycles. The zero-order chi connectivity index (χ0) is 13.3. The van der Waals surface area contributed by atoms with Crippen molar-refractivity contribution in [2.45, 2.75) is 13.8 Å². The number of fused-ring (bicyclic) bond motifs is 1. The highest BCUT2D eigenvalue weighted by atomic mass is 35.5. The molecule has 0 saturated heterocycles. The molecule has 0 spiro atoms. The first-order valence-corrected chi connectivity index (χ1v) is 6.13. The van der Waals surface area contributed by atoms with Crippen LogP contribution in [0.2, 0.25) is 0 Å². The van der Waals surface area contributed by atoms with Gasteiger partial charge < -0.3 is 16.0 Å². The van der Waals surface area contributed by atoms with Gasteiger partial charge in [0.15, 0.2) is 5.82 Å². The fourth-order valence-corrected chi connectivity index (χ4v) is 1.88. The molecule has 0 saturated carbocycles. The molecule has 0 unspecified atom stereocenters. The third-order valence-corrected chi connectivity index (χ3v) is 3.19. The molecule has 0 atom stereocenters. The number of aryl methyl sites for hydroxylation is 2. The van der Waals surface area contributed by atoms with E-state index in [1.807, 2.05) is 24.7 Å². The number of anilines is 2. The Morgan fingerprint density at radius 1 is 1.25 bits per heavy atom. The molecule has 2 aromatic rings. The van der Waals surface area contributed by atoms with Gasteiger partial charge in [-0.2, -0.15) is 0 Å². The molecular weight excluding hydrogens is 297 g/mol. The maximum absolute atomic E-state index is 6.12. The van der Waals surface area contributed by atoms with Gasteiger partial charge in [0.1, 0.15) is 5.69 Å². The fourth-order valence-electron chi connectivity index (χ4n) is 1.88. The van der Waals surface area contributed by atoms with Crippen molar-refractivity contribution in [3.63, 3.8) is 0 Å². The number of nitrogens with one attached hydrogen (secondary N) is 1. The van der Waals surface area contributed by atoms with Gasteiger partial charge in [0.05, 0.1) is 5.52 Å². The topological polar surface area (TPSA) is 58.6 Å². The van der Waals surface area contributed by atoms with Crippen molar-refractivity contribution in [1.29, 1.82) is 0 Å². The predicted octanol–water partition coefficient (Wildman–Crippen LogP) is 2.35. The van der Waals surface area contributed by atoms with E-state index in [1.54, 1.807) is 0 Å². The van der Waals surface area contributed by atoms with E-state index < -0.39 is 0 Å². The normalized spacial score (nSPS) is 10.2. The van der Waals surface area contributed by atoms with Crippen molar-refractivity contribution in [3.05, 3.63) is 23.4 Å². The molecule has 2 rings (SSSR count). The Bertz CT molecular complexity index is 565. The molecule has 0 amide bonds. The fraction of sp³-hybridized carbons (Fsp3) is 0.462. The second-order valence-electron chi connectivity index (χ2n) is 4.89. The Labute approximate surface area is 132 Å². The van der Waals surface area contributed by atoms with E-state index >= 15 is 0 Å². The van der Waals surface area contributed by atoms with Crippen molar-refractivity contribution in [2.75, 3.05) is 38.2 Å². The summed E-state index contributed by atoms with van der Waals surface area (Å²) in [6.45, 7) is 5.91. The minimum absolute atomic E-state index is 0. The molecule has 2 aromatic heterocycles. The van der Waals surface area contributed by atoms with E-state index in [1.165, 1.54) is 5.56 Å². The van der Waals surface area contributed by atoms with Crippen LogP contribution in [0.25, 0.3) is 5.52 Å². The minimum Gasteiger partial charge on any atom is -0.394 e. The molecule has 3 N–H and O–H groups in total. The largest absolute Gasteiger partial charge is 0.394 e. The molecule has 20 heavy (non-hydrogen) atoms. The quantitative estimate of drug-likeness (QED) is 0.908. The number of halogens is 2. The lowest BCUT2D eigenvalue weighted by Crippen LogP contribution is -2.21. The summed E-state index contributed by atoms with van der Waals surface area (Å²) in [6, 6.07) is 4.09. The summed E-state index contributed by atoms with van der Waals surface area (Å²) in [7, 11) is 4.09. The number of nitrogen functional groups attached to an aromatic ring is 1. The highest BCUT2D eigenvalue weighted by Gasteiger charge is 2.11. The lowest BCUT2D eigenvalue weighted by atomic mass is 10.2. The number of hydrogen-bond acceptors (Lipinski definition) is 4. The number of hydrogen-bond donors (Lipinski definition) is 2. The number of likely N-dealkylation sites (N-methyl/N-ethyl adjacent to an activating group) is 1. The summed E-state index contributed by atoms with van der Waals surface area (Å²) >= 11 is 0. The molecule has 0 bridgehead atoms. The van der Waals surface area contributed by atoms with Crippen LogP contribution >= 0.6 is 24.8 Å². The molecule has 5 nitrogen and oxygen atoms in total. The van der Waals surface area contributed by atoms with Gasteiger partial charge in [-0.3, -0.25) is 0 Å². The Hall–Kier alpha value is -1.17. The number of pyridine rings is 1. The molecule has 0 fully saturated rings. The predicted molar refractivity (Wildman–Crippen MR) is 90.6 cm³/mol. The van der Waals surface area contributed by atoms with Crippen LogP contribution in [0, 0.1) is 13.8 Å². The molecule has 7 heteroatoms. The van der Waals surface area contributed by atoms with Gasteiger partial charge in [-0.15, -0.1) is 29.9 Å². The first-order chi connectivity index (χ1) is 8.50. The van der Waals surface area contributed by atoms with Crippen LogP contribution in [-0.4, -0.2) is 41.7 Å². The molecule has 0 aromatic carbocycles. The molecule has 0 radical (unpaired) electrons. The number of rotatable bonds is 4. The van der Waals surface area contributed by atoms with Crippen LogP contribution in [0.1, 0.15) is 11.3 Å². The second-order valence-corrected chi connectivity index (χ2v) is 4.89. The number of nitrogens with two attached hydrogens (primary N) is 1. The van der Waals surface area contributed by atoms with Gasteiger partial charge >= 0.3 is 0 Å². The third-order valence-electron chi connectivity index (χ3n) is 3.19. The van der Waals surface area contributed by atoms with Crippen LogP contribution in [0.15, 0.2) is 12.1 Å². The van der Waals surface area contributed by atoms with E-state index in [2.05, 4.69) is 35.2 Å². The summed E-state index contributed by atoms with van der Waals surface area (Å²) in [6.07, 6.45) is 0. The third kappa shape index (κ3) is 3.69. The highest BCUT2D eigenvalue weighted by molar-refractivity contribution is 5.85. The standard InChI is InChI=1S/C13H21N5.2ClH/c1-9-5-6-11-12(14)13(15-7-8-17(3)4)16-18(11)10(9)2;;/h5-6H,7-8,14H2,1-4H3,(H,15,16);2*1H. The number of aromatic nitrogens is 2. The lowest BCUT2D eigenvalue weighted by Gasteiger charge is -2.09.